The summed E-state index contributed by atoms with van der Waals surface area (Å²) < 4.78 is 7.70. The molecule has 3 aromatic rings. The molecule has 0 unspecified atom stereocenters. The van der Waals surface area contributed by atoms with E-state index in [1.807, 2.05) is 37.3 Å². The first kappa shape index (κ1) is 18.4. The maximum atomic E-state index is 11.7. The molecule has 0 fully saturated rings. The molecular formula is C20H25N3O3. The molecule has 0 aliphatic rings. The van der Waals surface area contributed by atoms with Crippen molar-refractivity contribution in [2.24, 2.45) is 0 Å². The molecule has 26 heavy (non-hydrogen) atoms. The molecule has 0 atom stereocenters. The number of amides is 1. The summed E-state index contributed by atoms with van der Waals surface area (Å²) in [5.41, 5.74) is 1.78. The van der Waals surface area contributed by atoms with Crippen molar-refractivity contribution in [1.29, 1.82) is 0 Å². The van der Waals surface area contributed by atoms with Crippen molar-refractivity contribution < 1.29 is 14.6 Å². The van der Waals surface area contributed by atoms with E-state index in [-0.39, 0.29) is 5.91 Å². The maximum Gasteiger partial charge on any atom is 0.222 e. The molecule has 6 heteroatoms. The third-order valence-electron chi connectivity index (χ3n) is 4.12. The first-order valence-electron chi connectivity index (χ1n) is 8.78. The Balaban J connectivity index is 2.35. The van der Waals surface area contributed by atoms with E-state index in [1.165, 1.54) is 6.92 Å². The van der Waals surface area contributed by atoms with Gasteiger partial charge in [-0.1, -0.05) is 18.2 Å². The third kappa shape index (κ3) is 3.71. The molecular weight excluding hydrogens is 330 g/mol. The topological polar surface area (TPSA) is 76.4 Å². The molecule has 2 heterocycles. The smallest absolute Gasteiger partial charge is 0.222 e. The van der Waals surface area contributed by atoms with Gasteiger partial charge in [0.25, 0.3) is 0 Å². The van der Waals surface area contributed by atoms with Crippen LogP contribution in [0.3, 0.4) is 0 Å². The number of para-hydroxylation sites is 1. The van der Waals surface area contributed by atoms with Crippen LogP contribution >= 0.6 is 0 Å². The number of fused-ring (bicyclic) bond motifs is 3. The van der Waals surface area contributed by atoms with Gasteiger partial charge >= 0.3 is 0 Å². The van der Waals surface area contributed by atoms with Gasteiger partial charge in [0.1, 0.15) is 5.82 Å². The highest BCUT2D eigenvalue weighted by molar-refractivity contribution is 6.11. The molecule has 2 aromatic heterocycles. The second kappa shape index (κ2) is 7.05. The lowest BCUT2D eigenvalue weighted by molar-refractivity contribution is -0.114. The van der Waals surface area contributed by atoms with Crippen LogP contribution in [-0.4, -0.2) is 32.8 Å². The Bertz CT molecular complexity index is 954. The highest BCUT2D eigenvalue weighted by Crippen LogP contribution is 2.33. The molecule has 0 saturated carbocycles. The summed E-state index contributed by atoms with van der Waals surface area (Å²) >= 11 is 0. The average molecular weight is 355 g/mol. The summed E-state index contributed by atoms with van der Waals surface area (Å²) in [5, 5.41) is 15.1. The minimum Gasteiger partial charge on any atom is -0.389 e. The van der Waals surface area contributed by atoms with Crippen molar-refractivity contribution >= 4 is 33.5 Å². The zero-order chi connectivity index (χ0) is 18.9. The van der Waals surface area contributed by atoms with Crippen molar-refractivity contribution in [3.05, 3.63) is 36.0 Å². The first-order valence-corrected chi connectivity index (χ1v) is 8.78. The van der Waals surface area contributed by atoms with Crippen LogP contribution in [0.25, 0.3) is 21.8 Å². The maximum absolute atomic E-state index is 11.7. The van der Waals surface area contributed by atoms with Gasteiger partial charge in [-0.05, 0) is 32.9 Å². The number of rotatable bonds is 6. The predicted octanol–water partition coefficient (Wildman–Crippen LogP) is 3.46. The van der Waals surface area contributed by atoms with E-state index in [1.54, 1.807) is 13.8 Å². The summed E-state index contributed by atoms with van der Waals surface area (Å²) in [5.74, 6) is 0.356. The summed E-state index contributed by atoms with van der Waals surface area (Å²) in [7, 11) is 0. The number of nitrogens with one attached hydrogen (secondary N) is 1. The van der Waals surface area contributed by atoms with Gasteiger partial charge < -0.3 is 19.7 Å². The van der Waals surface area contributed by atoms with E-state index < -0.39 is 5.60 Å². The van der Waals surface area contributed by atoms with E-state index in [0.29, 0.717) is 25.6 Å². The SMILES string of the molecule is CCOCc1cc2c(NC(C)=O)nc3ccccc3c2n1CC(C)(C)O. The Morgan fingerprint density at radius 1 is 1.31 bits per heavy atom. The number of ether oxygens (including phenoxy) is 1. The zero-order valence-corrected chi connectivity index (χ0v) is 15.7. The molecule has 0 bridgehead atoms. The third-order valence-corrected chi connectivity index (χ3v) is 4.12. The van der Waals surface area contributed by atoms with Crippen molar-refractivity contribution in [3.8, 4) is 0 Å². The molecule has 3 rings (SSSR count). The van der Waals surface area contributed by atoms with Gasteiger partial charge in [0, 0.05) is 30.0 Å². The molecule has 0 aliphatic heterocycles. The number of carbonyl (C=O) groups excluding carboxylic acids is 1. The first-order chi connectivity index (χ1) is 12.3. The Morgan fingerprint density at radius 3 is 2.69 bits per heavy atom. The summed E-state index contributed by atoms with van der Waals surface area (Å²) in [6.45, 7) is 8.41. The minimum atomic E-state index is -0.897. The molecule has 0 radical (unpaired) electrons. The average Bonchev–Trinajstić information content (AvgIpc) is 2.90. The van der Waals surface area contributed by atoms with Crippen LogP contribution in [0.2, 0.25) is 0 Å². The standard InChI is InChI=1S/C20H25N3O3/c1-5-26-11-14-10-16-18(23(14)12-20(3,4)25)15-8-6-7-9-17(15)22-19(16)21-13(2)24/h6-10,25H,5,11-12H2,1-4H3,(H,21,22,24). The lowest BCUT2D eigenvalue weighted by Crippen LogP contribution is -2.27. The van der Waals surface area contributed by atoms with Crippen LogP contribution in [0.1, 0.15) is 33.4 Å². The quantitative estimate of drug-likeness (QED) is 0.710. The number of carbonyl (C=O) groups is 1. The van der Waals surface area contributed by atoms with Gasteiger partial charge in [0.2, 0.25) is 5.91 Å². The number of aliphatic hydroxyl groups is 1. The van der Waals surface area contributed by atoms with E-state index in [9.17, 15) is 9.90 Å². The number of benzene rings is 1. The van der Waals surface area contributed by atoms with Gasteiger partial charge in [0.15, 0.2) is 0 Å². The number of anilines is 1. The second-order valence-electron chi connectivity index (χ2n) is 7.09. The molecule has 0 aliphatic carbocycles. The molecule has 138 valence electrons. The van der Waals surface area contributed by atoms with Gasteiger partial charge in [-0.2, -0.15) is 0 Å². The van der Waals surface area contributed by atoms with Crippen LogP contribution in [0.5, 0.6) is 0 Å². The number of hydrogen-bond donors (Lipinski definition) is 2. The van der Waals surface area contributed by atoms with Crippen molar-refractivity contribution in [1.82, 2.24) is 9.55 Å². The molecule has 0 saturated heterocycles. The molecule has 1 aromatic carbocycles. The number of nitrogens with zero attached hydrogens (tertiary/aromatic N) is 2. The van der Waals surface area contributed by atoms with Gasteiger partial charge in [-0.25, -0.2) is 4.98 Å². The van der Waals surface area contributed by atoms with E-state index >= 15 is 0 Å². The minimum absolute atomic E-state index is 0.171. The Hall–Kier alpha value is -2.44. The fraction of sp³-hybridized carbons (Fsp3) is 0.400. The summed E-state index contributed by atoms with van der Waals surface area (Å²) in [4.78, 5) is 16.3. The van der Waals surface area contributed by atoms with E-state index in [0.717, 1.165) is 27.5 Å². The highest BCUT2D eigenvalue weighted by Gasteiger charge is 2.22. The van der Waals surface area contributed by atoms with Crippen LogP contribution in [0.15, 0.2) is 30.3 Å². The fourth-order valence-electron chi connectivity index (χ4n) is 3.18. The number of pyridine rings is 1. The normalized spacial score (nSPS) is 12.0. The van der Waals surface area contributed by atoms with Crippen molar-refractivity contribution in [2.45, 2.75) is 46.4 Å². The highest BCUT2D eigenvalue weighted by atomic mass is 16.5. The Morgan fingerprint density at radius 2 is 2.04 bits per heavy atom. The largest absolute Gasteiger partial charge is 0.389 e. The van der Waals surface area contributed by atoms with Crippen LogP contribution in [-0.2, 0) is 22.7 Å². The molecule has 6 nitrogen and oxygen atoms in total. The second-order valence-corrected chi connectivity index (χ2v) is 7.09. The molecule has 1 amide bonds. The monoisotopic (exact) mass is 355 g/mol. The molecule has 0 spiro atoms. The number of hydrogen-bond acceptors (Lipinski definition) is 4. The summed E-state index contributed by atoms with van der Waals surface area (Å²) in [6.07, 6.45) is 0. The molecule has 2 N–H and O–H groups in total. The summed E-state index contributed by atoms with van der Waals surface area (Å²) in [6, 6.07) is 9.80. The predicted molar refractivity (Wildman–Crippen MR) is 103 cm³/mol. The number of aromatic nitrogens is 2. The van der Waals surface area contributed by atoms with Gasteiger partial charge in [-0.3, -0.25) is 4.79 Å². The Kier molecular flexibility index (Phi) is 4.98. The van der Waals surface area contributed by atoms with Gasteiger partial charge in [-0.15, -0.1) is 0 Å². The lowest BCUT2D eigenvalue weighted by atomic mass is 10.1. The van der Waals surface area contributed by atoms with E-state index in [4.69, 9.17) is 4.74 Å². The van der Waals surface area contributed by atoms with Gasteiger partial charge in [0.05, 0.1) is 29.8 Å². The van der Waals surface area contributed by atoms with Crippen LogP contribution in [0.4, 0.5) is 5.82 Å². The zero-order valence-electron chi connectivity index (χ0n) is 15.7. The fourth-order valence-corrected chi connectivity index (χ4v) is 3.18. The van der Waals surface area contributed by atoms with Crippen LogP contribution in [0, 0.1) is 0 Å². The van der Waals surface area contributed by atoms with Crippen LogP contribution < -0.4 is 5.32 Å². The Labute approximate surface area is 152 Å². The van der Waals surface area contributed by atoms with Crippen molar-refractivity contribution in [2.75, 3.05) is 11.9 Å². The van der Waals surface area contributed by atoms with E-state index in [2.05, 4.69) is 14.9 Å². The lowest BCUT2D eigenvalue weighted by Gasteiger charge is -2.21. The van der Waals surface area contributed by atoms with Crippen molar-refractivity contribution in [3.63, 3.8) is 0 Å².